The fourth-order valence-corrected chi connectivity index (χ4v) is 4.04. The van der Waals surface area contributed by atoms with Crippen LogP contribution >= 0.6 is 0 Å². The molecule has 0 saturated heterocycles. The quantitative estimate of drug-likeness (QED) is 0.441. The highest BCUT2D eigenvalue weighted by Crippen LogP contribution is 2.30. The first-order valence-electron chi connectivity index (χ1n) is 10.2. The van der Waals surface area contributed by atoms with Crippen molar-refractivity contribution in [1.29, 1.82) is 0 Å². The Morgan fingerprint density at radius 3 is 1.81 bits per heavy atom. The molecule has 5 rings (SSSR count). The van der Waals surface area contributed by atoms with E-state index in [1.54, 1.807) is 24.5 Å². The third-order valence-corrected chi connectivity index (χ3v) is 5.47. The van der Waals surface area contributed by atoms with E-state index in [0.717, 1.165) is 22.4 Å². The molecular weight excluding hydrogens is 388 g/mol. The predicted octanol–water partition coefficient (Wildman–Crippen LogP) is 4.45. The Morgan fingerprint density at radius 1 is 0.710 bits per heavy atom. The van der Waals surface area contributed by atoms with Crippen LogP contribution in [0.5, 0.6) is 0 Å². The topological polar surface area (TPSA) is 66.4 Å². The standard InChI is InChI=1S/C25H20N4O2/c30-24-19-10-5-8-18-9-6-11-20(23(18)19)25(31)29(24)17-7-16-28(21-12-1-3-14-26-21)22-13-2-4-15-27-22/h1-6,8-15H,7,16-17H2. The zero-order valence-corrected chi connectivity index (χ0v) is 16.8. The number of pyridine rings is 2. The van der Waals surface area contributed by atoms with Crippen molar-refractivity contribution in [1.82, 2.24) is 14.9 Å². The lowest BCUT2D eigenvalue weighted by Crippen LogP contribution is -2.41. The van der Waals surface area contributed by atoms with Crippen LogP contribution in [-0.4, -0.2) is 39.8 Å². The van der Waals surface area contributed by atoms with E-state index in [2.05, 4.69) is 9.97 Å². The summed E-state index contributed by atoms with van der Waals surface area (Å²) in [6, 6.07) is 22.6. The van der Waals surface area contributed by atoms with E-state index < -0.39 is 0 Å². The molecule has 0 spiro atoms. The molecule has 4 aromatic rings. The summed E-state index contributed by atoms with van der Waals surface area (Å²) in [7, 11) is 0. The van der Waals surface area contributed by atoms with Gasteiger partial charge in [0.2, 0.25) is 0 Å². The molecule has 6 heteroatoms. The maximum atomic E-state index is 13.1. The molecule has 0 radical (unpaired) electrons. The Labute approximate surface area is 179 Å². The summed E-state index contributed by atoms with van der Waals surface area (Å²) in [5, 5.41) is 1.66. The zero-order valence-electron chi connectivity index (χ0n) is 16.8. The minimum absolute atomic E-state index is 0.239. The maximum Gasteiger partial charge on any atom is 0.261 e. The lowest BCUT2D eigenvalue weighted by Gasteiger charge is -2.28. The fraction of sp³-hybridized carbons (Fsp3) is 0.120. The molecule has 0 fully saturated rings. The van der Waals surface area contributed by atoms with Crippen molar-refractivity contribution >= 4 is 34.2 Å². The van der Waals surface area contributed by atoms with Crippen LogP contribution in [0.4, 0.5) is 11.6 Å². The smallest absolute Gasteiger partial charge is 0.261 e. The highest BCUT2D eigenvalue weighted by molar-refractivity contribution is 6.25. The molecule has 31 heavy (non-hydrogen) atoms. The van der Waals surface area contributed by atoms with Crippen LogP contribution in [0, 0.1) is 0 Å². The van der Waals surface area contributed by atoms with Gasteiger partial charge in [0.1, 0.15) is 11.6 Å². The molecule has 0 atom stereocenters. The average molecular weight is 408 g/mol. The van der Waals surface area contributed by atoms with Crippen LogP contribution < -0.4 is 4.90 Å². The molecule has 2 amide bonds. The van der Waals surface area contributed by atoms with Gasteiger partial charge in [0.25, 0.3) is 11.8 Å². The van der Waals surface area contributed by atoms with Crippen molar-refractivity contribution in [3.8, 4) is 0 Å². The van der Waals surface area contributed by atoms with Gasteiger partial charge in [0.05, 0.1) is 0 Å². The van der Waals surface area contributed by atoms with E-state index in [-0.39, 0.29) is 11.8 Å². The Balaban J connectivity index is 1.38. The van der Waals surface area contributed by atoms with Gasteiger partial charge in [-0.05, 0) is 48.2 Å². The van der Waals surface area contributed by atoms with Crippen LogP contribution in [0.25, 0.3) is 10.8 Å². The number of benzene rings is 2. The Kier molecular flexibility index (Phi) is 4.88. The second kappa shape index (κ2) is 7.99. The fourth-order valence-electron chi connectivity index (χ4n) is 4.04. The van der Waals surface area contributed by atoms with Gasteiger partial charge in [0, 0.05) is 42.0 Å². The number of carbonyl (C=O) groups is 2. The second-order valence-corrected chi connectivity index (χ2v) is 7.35. The number of anilines is 2. The van der Waals surface area contributed by atoms with E-state index in [1.165, 1.54) is 4.90 Å². The van der Waals surface area contributed by atoms with Gasteiger partial charge in [-0.3, -0.25) is 14.5 Å². The normalized spacial score (nSPS) is 13.0. The highest BCUT2D eigenvalue weighted by Gasteiger charge is 2.32. The Bertz CT molecular complexity index is 1170. The monoisotopic (exact) mass is 408 g/mol. The molecule has 1 aliphatic rings. The van der Waals surface area contributed by atoms with Crippen LogP contribution in [0.2, 0.25) is 0 Å². The lowest BCUT2D eigenvalue weighted by molar-refractivity contribution is 0.0610. The summed E-state index contributed by atoms with van der Waals surface area (Å²) in [4.78, 5) is 38.4. The van der Waals surface area contributed by atoms with Crippen molar-refractivity contribution in [3.05, 3.63) is 96.3 Å². The summed E-state index contributed by atoms with van der Waals surface area (Å²) >= 11 is 0. The number of hydrogen-bond acceptors (Lipinski definition) is 5. The zero-order chi connectivity index (χ0) is 21.2. The van der Waals surface area contributed by atoms with Crippen molar-refractivity contribution in [2.24, 2.45) is 0 Å². The third kappa shape index (κ3) is 3.42. The van der Waals surface area contributed by atoms with Gasteiger partial charge in [-0.1, -0.05) is 36.4 Å². The van der Waals surface area contributed by atoms with E-state index in [9.17, 15) is 9.59 Å². The number of nitrogens with zero attached hydrogens (tertiary/aromatic N) is 4. The summed E-state index contributed by atoms with van der Waals surface area (Å²) in [5.74, 6) is 1.06. The molecule has 0 bridgehead atoms. The molecule has 2 aromatic heterocycles. The number of carbonyl (C=O) groups excluding carboxylic acids is 2. The van der Waals surface area contributed by atoms with E-state index in [1.807, 2.05) is 65.6 Å². The predicted molar refractivity (Wildman–Crippen MR) is 119 cm³/mol. The van der Waals surface area contributed by atoms with E-state index in [4.69, 9.17) is 0 Å². The van der Waals surface area contributed by atoms with Crippen molar-refractivity contribution in [2.45, 2.75) is 6.42 Å². The minimum atomic E-state index is -0.239. The first-order valence-corrected chi connectivity index (χ1v) is 10.2. The summed E-state index contributed by atoms with van der Waals surface area (Å²) < 4.78 is 0. The molecule has 0 unspecified atom stereocenters. The minimum Gasteiger partial charge on any atom is -0.311 e. The first-order chi connectivity index (χ1) is 15.2. The third-order valence-electron chi connectivity index (χ3n) is 5.47. The van der Waals surface area contributed by atoms with Gasteiger partial charge in [0.15, 0.2) is 0 Å². The Hall–Kier alpha value is -4.06. The van der Waals surface area contributed by atoms with E-state index in [0.29, 0.717) is 30.6 Å². The molecule has 152 valence electrons. The van der Waals surface area contributed by atoms with Crippen LogP contribution in [0.1, 0.15) is 27.1 Å². The average Bonchev–Trinajstić information content (AvgIpc) is 2.83. The number of hydrogen-bond donors (Lipinski definition) is 0. The molecule has 0 N–H and O–H groups in total. The van der Waals surface area contributed by atoms with E-state index >= 15 is 0 Å². The van der Waals surface area contributed by atoms with Gasteiger partial charge < -0.3 is 4.90 Å². The highest BCUT2D eigenvalue weighted by atomic mass is 16.2. The van der Waals surface area contributed by atoms with Gasteiger partial charge in [-0.2, -0.15) is 0 Å². The molecule has 0 saturated carbocycles. The summed E-state index contributed by atoms with van der Waals surface area (Å²) in [6.45, 7) is 0.884. The largest absolute Gasteiger partial charge is 0.311 e. The molecule has 3 heterocycles. The SMILES string of the molecule is O=C1c2cccc3cccc(c23)C(=O)N1CCCN(c1ccccn1)c1ccccn1. The van der Waals surface area contributed by atoms with Crippen LogP contribution in [-0.2, 0) is 0 Å². The summed E-state index contributed by atoms with van der Waals surface area (Å²) in [6.07, 6.45) is 4.06. The number of imide groups is 1. The van der Waals surface area contributed by atoms with Crippen molar-refractivity contribution in [2.75, 3.05) is 18.0 Å². The Morgan fingerprint density at radius 2 is 1.29 bits per heavy atom. The van der Waals surface area contributed by atoms with Crippen molar-refractivity contribution in [3.63, 3.8) is 0 Å². The van der Waals surface area contributed by atoms with Crippen LogP contribution in [0.15, 0.2) is 85.2 Å². The van der Waals surface area contributed by atoms with Crippen molar-refractivity contribution < 1.29 is 9.59 Å². The van der Waals surface area contributed by atoms with Gasteiger partial charge >= 0.3 is 0 Å². The molecule has 1 aliphatic heterocycles. The molecule has 0 aliphatic carbocycles. The summed E-state index contributed by atoms with van der Waals surface area (Å²) in [5.41, 5.74) is 1.16. The number of aromatic nitrogens is 2. The number of amides is 2. The molecular formula is C25H20N4O2. The molecule has 6 nitrogen and oxygen atoms in total. The second-order valence-electron chi connectivity index (χ2n) is 7.35. The van der Waals surface area contributed by atoms with Gasteiger partial charge in [-0.25, -0.2) is 9.97 Å². The van der Waals surface area contributed by atoms with Crippen LogP contribution in [0.3, 0.4) is 0 Å². The lowest BCUT2D eigenvalue weighted by atomic mass is 9.94. The molecule has 2 aromatic carbocycles. The first kappa shape index (κ1) is 18.9. The number of rotatable bonds is 6. The maximum absolute atomic E-state index is 13.1. The van der Waals surface area contributed by atoms with Gasteiger partial charge in [-0.15, -0.1) is 0 Å².